The number of hydrogen-bond acceptors (Lipinski definition) is 11. The second-order valence-electron chi connectivity index (χ2n) is 11.4. The van der Waals surface area contributed by atoms with Crippen molar-refractivity contribution in [3.8, 4) is 23.7 Å². The Morgan fingerprint density at radius 2 is 1.13 bits per heavy atom. The summed E-state index contributed by atoms with van der Waals surface area (Å²) in [6, 6.07) is 10.7. The topological polar surface area (TPSA) is 206 Å². The fourth-order valence-electron chi connectivity index (χ4n) is 5.45. The summed E-state index contributed by atoms with van der Waals surface area (Å²) in [5.41, 5.74) is 2.39. The Labute approximate surface area is 258 Å². The summed E-state index contributed by atoms with van der Waals surface area (Å²) in [6.07, 6.45) is -13.6. The van der Waals surface area contributed by atoms with Crippen molar-refractivity contribution in [3.05, 3.63) is 47.5 Å². The van der Waals surface area contributed by atoms with E-state index in [1.807, 2.05) is 16.7 Å². The van der Waals surface area contributed by atoms with Crippen molar-refractivity contribution < 1.29 is 55.1 Å². The van der Waals surface area contributed by atoms with Gasteiger partial charge in [-0.3, -0.25) is 4.79 Å². The van der Waals surface area contributed by atoms with Gasteiger partial charge >= 0.3 is 0 Å². The summed E-state index contributed by atoms with van der Waals surface area (Å²) >= 11 is 0. The van der Waals surface area contributed by atoms with Crippen LogP contribution in [-0.4, -0.2) is 145 Å². The molecule has 0 saturated carbocycles. The van der Waals surface area contributed by atoms with Crippen molar-refractivity contribution in [3.63, 3.8) is 0 Å². The largest absolute Gasteiger partial charge is 0.394 e. The molecule has 240 valence electrons. The van der Waals surface area contributed by atoms with Crippen LogP contribution in [0.4, 0.5) is 0 Å². The van der Waals surface area contributed by atoms with Crippen molar-refractivity contribution >= 4 is 27.7 Å². The highest BCUT2D eigenvalue weighted by atomic mass is 16.5. The molecule has 1 amide bonds. The van der Waals surface area contributed by atoms with Crippen LogP contribution in [0.2, 0.25) is 0 Å². The molecule has 3 aromatic rings. The van der Waals surface area contributed by atoms with E-state index in [0.29, 0.717) is 22.2 Å². The van der Waals surface area contributed by atoms with E-state index in [1.165, 1.54) is 4.90 Å². The number of aliphatic hydroxyl groups is 8. The van der Waals surface area contributed by atoms with Gasteiger partial charge in [0.25, 0.3) is 0 Å². The SMILES string of the molecule is CN(C)C(=O)Cn1c2cc(C#C[C@H]3O[C@H](CO)[C@@H](O)[C@H](O)[C@@H]3O)ccc2c2ccc(C#C[C@H]3O[C@H](CO)[C@@H](O)[C@H](O)[C@@H]3O)cc21. The summed E-state index contributed by atoms with van der Waals surface area (Å²) < 4.78 is 12.8. The highest BCUT2D eigenvalue weighted by molar-refractivity contribution is 6.09. The number of carbonyl (C=O) groups excluding carboxylic acids is 1. The second-order valence-corrected chi connectivity index (χ2v) is 11.4. The minimum Gasteiger partial charge on any atom is -0.394 e. The van der Waals surface area contributed by atoms with Crippen molar-refractivity contribution in [1.29, 1.82) is 0 Å². The van der Waals surface area contributed by atoms with E-state index in [-0.39, 0.29) is 12.5 Å². The summed E-state index contributed by atoms with van der Waals surface area (Å²) in [7, 11) is 3.29. The standard InChI is InChI=1S/C32H36N2O11/c1-33(2)26(37)13-34-20-11-16(5-9-22-27(38)31(42)29(40)24(14-35)44-22)3-7-18(20)19-8-4-17(12-21(19)34)6-10-23-28(39)32(43)30(41)25(15-36)45-23/h3-4,7-8,11-12,22-25,27-32,35-36,38-43H,13-15H2,1-2H3/t22-,23-,24-,25-,27-,28-,29-,30-,31-,32-/m1/s1. The maximum absolute atomic E-state index is 12.9. The van der Waals surface area contributed by atoms with E-state index in [0.717, 1.165) is 10.8 Å². The average Bonchev–Trinajstić information content (AvgIpc) is 3.33. The van der Waals surface area contributed by atoms with E-state index >= 15 is 0 Å². The molecule has 0 bridgehead atoms. The quantitative estimate of drug-likeness (QED) is 0.140. The van der Waals surface area contributed by atoms with Gasteiger partial charge in [-0.05, 0) is 24.3 Å². The van der Waals surface area contributed by atoms with Gasteiger partial charge in [-0.25, -0.2) is 0 Å². The van der Waals surface area contributed by atoms with Gasteiger partial charge in [0, 0.05) is 36.0 Å². The van der Waals surface area contributed by atoms with Crippen molar-refractivity contribution in [2.24, 2.45) is 0 Å². The molecule has 0 spiro atoms. The lowest BCUT2D eigenvalue weighted by molar-refractivity contribution is -0.214. The molecular weight excluding hydrogens is 588 g/mol. The third kappa shape index (κ3) is 6.42. The Hall–Kier alpha value is -3.57. The van der Waals surface area contributed by atoms with Gasteiger partial charge < -0.3 is 59.8 Å². The highest BCUT2D eigenvalue weighted by Gasteiger charge is 2.43. The molecule has 2 aromatic carbocycles. The van der Waals surface area contributed by atoms with Gasteiger partial charge in [0.1, 0.15) is 67.6 Å². The lowest BCUT2D eigenvalue weighted by Crippen LogP contribution is -2.58. The molecule has 2 aliphatic rings. The first-order valence-electron chi connectivity index (χ1n) is 14.4. The number of ether oxygens (including phenoxy) is 2. The number of aliphatic hydroxyl groups excluding tert-OH is 8. The molecule has 3 heterocycles. The smallest absolute Gasteiger partial charge is 0.242 e. The number of fused-ring (bicyclic) bond motifs is 3. The first kappa shape index (κ1) is 32.8. The zero-order valence-electron chi connectivity index (χ0n) is 24.6. The number of amides is 1. The Morgan fingerprint density at radius 3 is 1.51 bits per heavy atom. The van der Waals surface area contributed by atoms with E-state index in [1.54, 1.807) is 38.4 Å². The molecule has 13 heteroatoms. The molecule has 0 radical (unpaired) electrons. The molecule has 8 N–H and O–H groups in total. The number of nitrogens with zero attached hydrogens (tertiary/aromatic N) is 2. The molecule has 1 aromatic heterocycles. The predicted molar refractivity (Wildman–Crippen MR) is 159 cm³/mol. The molecule has 2 aliphatic heterocycles. The maximum Gasteiger partial charge on any atom is 0.242 e. The van der Waals surface area contributed by atoms with Crippen molar-refractivity contribution in [2.45, 2.75) is 67.6 Å². The van der Waals surface area contributed by atoms with Crippen LogP contribution in [0.15, 0.2) is 36.4 Å². The summed E-state index contributed by atoms with van der Waals surface area (Å²) in [4.78, 5) is 14.3. The maximum atomic E-state index is 12.9. The van der Waals surface area contributed by atoms with Crippen LogP contribution < -0.4 is 0 Å². The van der Waals surface area contributed by atoms with Gasteiger partial charge in [0.15, 0.2) is 0 Å². The molecule has 45 heavy (non-hydrogen) atoms. The van der Waals surface area contributed by atoms with Crippen LogP contribution in [0.1, 0.15) is 11.1 Å². The fourth-order valence-corrected chi connectivity index (χ4v) is 5.45. The molecule has 5 rings (SSSR count). The lowest BCUT2D eigenvalue weighted by Gasteiger charge is -2.37. The van der Waals surface area contributed by atoms with E-state index < -0.39 is 74.3 Å². The number of benzene rings is 2. The van der Waals surface area contributed by atoms with Crippen molar-refractivity contribution in [2.75, 3.05) is 27.3 Å². The average molecular weight is 625 g/mol. The zero-order chi connectivity index (χ0) is 32.6. The molecule has 0 unspecified atom stereocenters. The Morgan fingerprint density at radius 1 is 0.711 bits per heavy atom. The van der Waals surface area contributed by atoms with E-state index in [4.69, 9.17) is 9.47 Å². The zero-order valence-corrected chi connectivity index (χ0v) is 24.6. The first-order valence-corrected chi connectivity index (χ1v) is 14.4. The Bertz CT molecular complexity index is 1570. The third-order valence-corrected chi connectivity index (χ3v) is 8.16. The van der Waals surface area contributed by atoms with Crippen LogP contribution in [-0.2, 0) is 20.8 Å². The minimum atomic E-state index is -1.55. The molecule has 10 atom stereocenters. The number of aromatic nitrogens is 1. The number of rotatable bonds is 4. The summed E-state index contributed by atoms with van der Waals surface area (Å²) in [6.45, 7) is -1.14. The van der Waals surface area contributed by atoms with Gasteiger partial charge in [-0.2, -0.15) is 0 Å². The van der Waals surface area contributed by atoms with Crippen molar-refractivity contribution in [1.82, 2.24) is 9.47 Å². The number of likely N-dealkylation sites (N-methyl/N-ethyl adjacent to an activating group) is 1. The number of hydrogen-bond donors (Lipinski definition) is 8. The Kier molecular flexibility index (Phi) is 9.79. The normalized spacial score (nSPS) is 31.6. The second kappa shape index (κ2) is 13.4. The molecule has 0 aliphatic carbocycles. The minimum absolute atomic E-state index is 0.0137. The Balaban J connectivity index is 1.52. The fraction of sp³-hybridized carbons (Fsp3) is 0.469. The highest BCUT2D eigenvalue weighted by Crippen LogP contribution is 2.31. The molecule has 2 saturated heterocycles. The monoisotopic (exact) mass is 624 g/mol. The first-order chi connectivity index (χ1) is 21.4. The molecular formula is C32H36N2O11. The van der Waals surface area contributed by atoms with Gasteiger partial charge in [0.2, 0.25) is 5.91 Å². The lowest BCUT2D eigenvalue weighted by atomic mass is 9.95. The van der Waals surface area contributed by atoms with Crippen LogP contribution in [0.3, 0.4) is 0 Å². The summed E-state index contributed by atoms with van der Waals surface area (Å²) in [5.74, 6) is 11.2. The molecule has 2 fully saturated rings. The molecule has 13 nitrogen and oxygen atoms in total. The van der Waals surface area contributed by atoms with Gasteiger partial charge in [-0.15, -0.1) is 0 Å². The van der Waals surface area contributed by atoms with Crippen LogP contribution in [0.25, 0.3) is 21.8 Å². The predicted octanol–water partition coefficient (Wildman–Crippen LogP) is -2.73. The van der Waals surface area contributed by atoms with Gasteiger partial charge in [-0.1, -0.05) is 35.8 Å². The third-order valence-electron chi connectivity index (χ3n) is 8.16. The van der Waals surface area contributed by atoms with E-state index in [9.17, 15) is 45.6 Å². The number of carbonyl (C=O) groups is 1. The van der Waals surface area contributed by atoms with Gasteiger partial charge in [0.05, 0.1) is 24.2 Å². The van der Waals surface area contributed by atoms with Crippen LogP contribution in [0, 0.1) is 23.7 Å². The van der Waals surface area contributed by atoms with Crippen LogP contribution >= 0.6 is 0 Å². The van der Waals surface area contributed by atoms with E-state index in [2.05, 4.69) is 23.7 Å². The summed E-state index contributed by atoms with van der Waals surface area (Å²) in [5, 5.41) is 81.5. The van der Waals surface area contributed by atoms with Crippen LogP contribution in [0.5, 0.6) is 0 Å².